The zero-order valence-electron chi connectivity index (χ0n) is 29.6. The van der Waals surface area contributed by atoms with E-state index in [0.717, 1.165) is 28.6 Å². The third-order valence-corrected chi connectivity index (χ3v) is 14.5. The van der Waals surface area contributed by atoms with E-state index in [9.17, 15) is 0 Å². The average molecular weight is 843 g/mol. The molecule has 53 heavy (non-hydrogen) atoms. The minimum absolute atomic E-state index is 0.402. The molecule has 1 aromatic heterocycles. The number of thioether (sulfide) groups is 5. The van der Waals surface area contributed by atoms with Crippen molar-refractivity contribution in [1.29, 1.82) is 0 Å². The number of imidazole rings is 1. The van der Waals surface area contributed by atoms with E-state index in [1.54, 1.807) is 71.3 Å². The Kier molecular flexibility index (Phi) is 20.7. The third-order valence-electron chi connectivity index (χ3n) is 7.40. The Morgan fingerprint density at radius 1 is 0.509 bits per heavy atom. The quantitative estimate of drug-likeness (QED) is 0.124. The molecule has 1 heterocycles. The van der Waals surface area contributed by atoms with Crippen LogP contribution in [-0.2, 0) is 17.3 Å². The van der Waals surface area contributed by atoms with Crippen molar-refractivity contribution in [1.82, 2.24) is 9.55 Å². The Morgan fingerprint density at radius 2 is 0.868 bits per heavy atom. The molecule has 0 aliphatic rings. The van der Waals surface area contributed by atoms with Gasteiger partial charge in [0.2, 0.25) is 0 Å². The summed E-state index contributed by atoms with van der Waals surface area (Å²) in [5.41, 5.74) is 6.58. The molecule has 2 atom stereocenters. The predicted octanol–water partition coefficient (Wildman–Crippen LogP) is 14.3. The Bertz CT molecular complexity index is 1800. The molecule has 0 aliphatic heterocycles. The first kappa shape index (κ1) is 43.1. The number of hydrogen-bond donors (Lipinski definition) is 0. The highest BCUT2D eigenvalue weighted by Crippen LogP contribution is 2.39. The second-order valence-corrected chi connectivity index (χ2v) is 20.0. The Labute approximate surface area is 353 Å². The van der Waals surface area contributed by atoms with E-state index < -0.39 is 0 Å². The third kappa shape index (κ3) is 17.6. The fourth-order valence-electron chi connectivity index (χ4n) is 4.54. The molecule has 0 amide bonds. The molecule has 2 unspecified atom stereocenters. The van der Waals surface area contributed by atoms with E-state index >= 15 is 0 Å². The van der Waals surface area contributed by atoms with E-state index in [2.05, 4.69) is 128 Å². The number of nitrogens with zero attached hydrogens (tertiary/aromatic N) is 2. The standard InChI is InChI=1S/C17H18S3.C15H14S3.C11H10N2S2/c1-13(15-9-5-3-6-10-15)19-17(18)20-14(2)16-11-7-4-8-12-16;16-15(17-11-13-7-3-1-4-8-13)18-12-14-9-5-2-6-10-14;14-11(13-7-6-12-9-13)15-8-10-4-2-1-3-5-10/h3-14H,1-2H3;1-10H,11-12H2;1-7,9H,8H2. The van der Waals surface area contributed by atoms with Crippen LogP contribution in [0.15, 0.2) is 170 Å². The summed E-state index contributed by atoms with van der Waals surface area (Å²) in [6.07, 6.45) is 5.32. The van der Waals surface area contributed by atoms with Crippen LogP contribution < -0.4 is 0 Å². The molecular formula is C43H42N2S8. The van der Waals surface area contributed by atoms with Gasteiger partial charge in [-0.2, -0.15) is 0 Å². The molecule has 0 bridgehead atoms. The van der Waals surface area contributed by atoms with Gasteiger partial charge in [0.15, 0.2) is 0 Å². The molecule has 6 rings (SSSR count). The van der Waals surface area contributed by atoms with Crippen LogP contribution in [0.25, 0.3) is 0 Å². The highest BCUT2D eigenvalue weighted by atomic mass is 32.2. The number of hydrogen-bond acceptors (Lipinski definition) is 9. The Morgan fingerprint density at radius 3 is 1.23 bits per heavy atom. The molecule has 0 radical (unpaired) electrons. The van der Waals surface area contributed by atoms with Crippen molar-refractivity contribution in [2.45, 2.75) is 41.6 Å². The van der Waals surface area contributed by atoms with Gasteiger partial charge < -0.3 is 0 Å². The van der Waals surface area contributed by atoms with Crippen LogP contribution in [-0.4, -0.2) is 20.9 Å². The van der Waals surface area contributed by atoms with Gasteiger partial charge in [0.25, 0.3) is 0 Å². The predicted molar refractivity (Wildman–Crippen MR) is 254 cm³/mol. The van der Waals surface area contributed by atoms with Crippen molar-refractivity contribution in [3.05, 3.63) is 198 Å². The first-order valence-electron chi connectivity index (χ1n) is 16.9. The minimum Gasteiger partial charge on any atom is -0.291 e. The van der Waals surface area contributed by atoms with Crippen LogP contribution in [0.5, 0.6) is 0 Å². The van der Waals surface area contributed by atoms with Crippen molar-refractivity contribution in [3.8, 4) is 0 Å². The minimum atomic E-state index is 0.402. The molecule has 0 saturated heterocycles. The molecule has 0 saturated carbocycles. The molecule has 0 fully saturated rings. The number of thiocarbonyl (C=S) groups is 3. The number of rotatable bonds is 10. The van der Waals surface area contributed by atoms with Gasteiger partial charge in [0, 0.05) is 40.2 Å². The zero-order valence-corrected chi connectivity index (χ0v) is 36.1. The van der Waals surface area contributed by atoms with E-state index in [0.29, 0.717) is 10.5 Å². The summed E-state index contributed by atoms with van der Waals surface area (Å²) in [6.45, 7) is 4.42. The van der Waals surface area contributed by atoms with Gasteiger partial charge in [-0.05, 0) is 41.7 Å². The molecule has 0 N–H and O–H groups in total. The van der Waals surface area contributed by atoms with Crippen LogP contribution in [0.4, 0.5) is 0 Å². The van der Waals surface area contributed by atoms with Crippen LogP contribution in [0.1, 0.15) is 52.2 Å². The molecule has 2 nitrogen and oxygen atoms in total. The summed E-state index contributed by atoms with van der Waals surface area (Å²) in [6, 6.07) is 52.2. The fourth-order valence-corrected chi connectivity index (χ4v) is 10.7. The van der Waals surface area contributed by atoms with E-state index in [4.69, 9.17) is 36.7 Å². The van der Waals surface area contributed by atoms with Crippen LogP contribution in [0.2, 0.25) is 0 Å². The van der Waals surface area contributed by atoms with Gasteiger partial charge >= 0.3 is 0 Å². The first-order chi connectivity index (χ1) is 25.9. The average Bonchev–Trinajstić information content (AvgIpc) is 3.76. The fraction of sp³-hybridized carbons (Fsp3) is 0.163. The molecule has 10 heteroatoms. The molecule has 6 aromatic rings. The summed E-state index contributed by atoms with van der Waals surface area (Å²) >= 11 is 24.8. The van der Waals surface area contributed by atoms with Crippen LogP contribution >= 0.6 is 95.5 Å². The van der Waals surface area contributed by atoms with Crippen molar-refractivity contribution in [3.63, 3.8) is 0 Å². The monoisotopic (exact) mass is 842 g/mol. The summed E-state index contributed by atoms with van der Waals surface area (Å²) in [7, 11) is 0. The highest BCUT2D eigenvalue weighted by molar-refractivity contribution is 8.47. The maximum atomic E-state index is 5.53. The smallest absolute Gasteiger partial charge is 0.146 e. The molecule has 5 aromatic carbocycles. The van der Waals surface area contributed by atoms with Crippen LogP contribution in [0.3, 0.4) is 0 Å². The van der Waals surface area contributed by atoms with Gasteiger partial charge in [-0.15, -0.1) is 23.5 Å². The second kappa shape index (κ2) is 25.4. The lowest BCUT2D eigenvalue weighted by atomic mass is 10.2. The van der Waals surface area contributed by atoms with Crippen molar-refractivity contribution in [2.75, 3.05) is 0 Å². The molecule has 0 aliphatic carbocycles. The van der Waals surface area contributed by atoms with Gasteiger partial charge in [-0.1, -0.05) is 224 Å². The Balaban J connectivity index is 0.000000179. The normalized spacial score (nSPS) is 11.5. The molecule has 0 spiro atoms. The van der Waals surface area contributed by atoms with Gasteiger partial charge in [-0.3, -0.25) is 4.57 Å². The van der Waals surface area contributed by atoms with Crippen molar-refractivity contribution >= 4 is 107 Å². The number of benzene rings is 5. The largest absolute Gasteiger partial charge is 0.291 e. The first-order valence-corrected chi connectivity index (χ1v) is 22.8. The number of aromatic nitrogens is 2. The molecular weight excluding hydrogens is 801 g/mol. The van der Waals surface area contributed by atoms with Gasteiger partial charge in [0.1, 0.15) is 17.7 Å². The van der Waals surface area contributed by atoms with Crippen LogP contribution in [0, 0.1) is 0 Å². The lowest BCUT2D eigenvalue weighted by Gasteiger charge is -2.15. The summed E-state index contributed by atoms with van der Waals surface area (Å²) < 4.78 is 4.71. The highest BCUT2D eigenvalue weighted by Gasteiger charge is 2.13. The summed E-state index contributed by atoms with van der Waals surface area (Å²) in [5.74, 6) is 2.82. The maximum absolute atomic E-state index is 5.53. The summed E-state index contributed by atoms with van der Waals surface area (Å²) in [5, 5.41) is 0.804. The van der Waals surface area contributed by atoms with E-state index in [1.165, 1.54) is 27.8 Å². The van der Waals surface area contributed by atoms with Crippen molar-refractivity contribution in [2.24, 2.45) is 0 Å². The van der Waals surface area contributed by atoms with Crippen molar-refractivity contribution < 1.29 is 0 Å². The molecule has 272 valence electrons. The zero-order chi connectivity index (χ0) is 37.5. The van der Waals surface area contributed by atoms with E-state index in [1.807, 2.05) is 53.2 Å². The SMILES string of the molecule is CC(SC(=S)SC(C)c1ccccc1)c1ccccc1.S=C(SCc1ccccc1)SCc1ccccc1.S=C(SCc1ccccc1)n1ccnc1. The van der Waals surface area contributed by atoms with Gasteiger partial charge in [0.05, 0.1) is 0 Å². The van der Waals surface area contributed by atoms with E-state index in [-0.39, 0.29) is 0 Å². The lowest BCUT2D eigenvalue weighted by Crippen LogP contribution is -2.01. The second-order valence-electron chi connectivity index (χ2n) is 11.4. The topological polar surface area (TPSA) is 17.8 Å². The Hall–Kier alpha value is -2.67. The maximum Gasteiger partial charge on any atom is 0.146 e. The lowest BCUT2D eigenvalue weighted by molar-refractivity contribution is 1.11. The summed E-state index contributed by atoms with van der Waals surface area (Å²) in [4.78, 5) is 3.96. The van der Waals surface area contributed by atoms with Gasteiger partial charge in [-0.25, -0.2) is 4.98 Å².